The second-order valence-electron chi connectivity index (χ2n) is 9.49. The van der Waals surface area contributed by atoms with E-state index in [2.05, 4.69) is 9.88 Å². The van der Waals surface area contributed by atoms with E-state index in [9.17, 15) is 18.3 Å². The highest BCUT2D eigenvalue weighted by Gasteiger charge is 2.31. The molecule has 1 aromatic heterocycles. The molecule has 1 aliphatic rings. The quantitative estimate of drug-likeness (QED) is 0.229. The highest BCUT2D eigenvalue weighted by Crippen LogP contribution is 2.36. The predicted molar refractivity (Wildman–Crippen MR) is 139 cm³/mol. The Hall–Kier alpha value is -2.36. The van der Waals surface area contributed by atoms with Gasteiger partial charge in [-0.25, -0.2) is 4.39 Å². The Balaban J connectivity index is 1.28. The Morgan fingerprint density at radius 2 is 2.00 bits per heavy atom. The van der Waals surface area contributed by atoms with Gasteiger partial charge in [0.05, 0.1) is 18.2 Å². The van der Waals surface area contributed by atoms with E-state index < -0.39 is 17.9 Å². The normalized spacial score (nSPS) is 19.7. The number of fused-ring (bicyclic) bond motifs is 1. The number of aliphatic hydroxyl groups is 1. The van der Waals surface area contributed by atoms with Crippen LogP contribution in [0.3, 0.4) is 0 Å². The molecule has 3 aromatic rings. The van der Waals surface area contributed by atoms with Crippen molar-refractivity contribution in [2.75, 3.05) is 39.1 Å². The Bertz CT molecular complexity index is 1180. The van der Waals surface area contributed by atoms with Crippen LogP contribution in [0.15, 0.2) is 59.6 Å². The highest BCUT2D eigenvalue weighted by molar-refractivity contribution is 7.99. The summed E-state index contributed by atoms with van der Waals surface area (Å²) < 4.78 is 59.5. The van der Waals surface area contributed by atoms with Gasteiger partial charge >= 0.3 is 6.18 Å². The first-order valence-electron chi connectivity index (χ1n) is 12.5. The number of thioether (sulfide) groups is 1. The molecule has 0 bridgehead atoms. The number of benzene rings is 2. The van der Waals surface area contributed by atoms with Gasteiger partial charge in [0.1, 0.15) is 11.9 Å². The number of halogens is 4. The van der Waals surface area contributed by atoms with Gasteiger partial charge in [0.2, 0.25) is 0 Å². The van der Waals surface area contributed by atoms with E-state index in [0.717, 1.165) is 36.5 Å². The molecule has 1 aliphatic heterocycles. The van der Waals surface area contributed by atoms with Crippen LogP contribution in [-0.2, 0) is 6.18 Å². The summed E-state index contributed by atoms with van der Waals surface area (Å²) in [6.45, 7) is 2.29. The van der Waals surface area contributed by atoms with Crippen LogP contribution in [0.25, 0.3) is 10.9 Å². The van der Waals surface area contributed by atoms with E-state index in [4.69, 9.17) is 4.74 Å². The van der Waals surface area contributed by atoms with Gasteiger partial charge in [-0.1, -0.05) is 6.07 Å². The summed E-state index contributed by atoms with van der Waals surface area (Å²) in [6.07, 6.45) is -1.96. The van der Waals surface area contributed by atoms with Crippen LogP contribution in [0.2, 0.25) is 0 Å². The van der Waals surface area contributed by atoms with Gasteiger partial charge in [-0.15, -0.1) is 11.8 Å². The molecule has 4 nitrogen and oxygen atoms in total. The number of aromatic nitrogens is 1. The third kappa shape index (κ3) is 7.15. The maximum atomic E-state index is 15.4. The maximum absolute atomic E-state index is 15.4. The van der Waals surface area contributed by atoms with Crippen molar-refractivity contribution in [2.45, 2.75) is 36.5 Å². The van der Waals surface area contributed by atoms with Crippen LogP contribution >= 0.6 is 11.8 Å². The minimum Gasteiger partial charge on any atom is -0.497 e. The standard InChI is InChI=1S/C28H32F4N2O2S/c1-36-22-6-8-27-25(16-22)24(9-11-33-27)26(29)7-5-19-10-12-34(17-20(19)18-35)13-14-37-23-4-2-3-21(15-23)28(30,31)32/h2-4,6,8-9,11,15-16,19-20,26,35H,5,7,10,12-14,17-18H2,1H3/t19-,20-,26?/m1/s1. The first-order valence-corrected chi connectivity index (χ1v) is 13.5. The lowest BCUT2D eigenvalue weighted by Gasteiger charge is -2.38. The van der Waals surface area contributed by atoms with Crippen LogP contribution in [0.5, 0.6) is 5.75 Å². The van der Waals surface area contributed by atoms with E-state index in [-0.39, 0.29) is 18.4 Å². The van der Waals surface area contributed by atoms with Gasteiger partial charge in [0, 0.05) is 41.9 Å². The average molecular weight is 537 g/mol. The van der Waals surface area contributed by atoms with Gasteiger partial charge in [-0.2, -0.15) is 13.2 Å². The monoisotopic (exact) mass is 536 g/mol. The molecule has 4 rings (SSSR count). The van der Waals surface area contributed by atoms with Gasteiger partial charge < -0.3 is 14.7 Å². The summed E-state index contributed by atoms with van der Waals surface area (Å²) in [7, 11) is 1.58. The molecule has 1 fully saturated rings. The minimum atomic E-state index is -4.34. The summed E-state index contributed by atoms with van der Waals surface area (Å²) >= 11 is 1.40. The van der Waals surface area contributed by atoms with Crippen molar-refractivity contribution in [3.63, 3.8) is 0 Å². The van der Waals surface area contributed by atoms with Gasteiger partial charge in [0.15, 0.2) is 0 Å². The van der Waals surface area contributed by atoms with Crippen LogP contribution in [0.4, 0.5) is 17.6 Å². The van der Waals surface area contributed by atoms with Crippen LogP contribution < -0.4 is 4.74 Å². The van der Waals surface area contributed by atoms with Crippen molar-refractivity contribution in [2.24, 2.45) is 11.8 Å². The van der Waals surface area contributed by atoms with Crippen molar-refractivity contribution in [1.82, 2.24) is 9.88 Å². The number of likely N-dealkylation sites (tertiary alicyclic amines) is 1. The van der Waals surface area contributed by atoms with Gasteiger partial charge in [-0.3, -0.25) is 4.98 Å². The first-order chi connectivity index (χ1) is 17.8. The largest absolute Gasteiger partial charge is 0.497 e. The predicted octanol–water partition coefficient (Wildman–Crippen LogP) is 6.78. The number of piperidine rings is 1. The summed E-state index contributed by atoms with van der Waals surface area (Å²) in [4.78, 5) is 7.17. The summed E-state index contributed by atoms with van der Waals surface area (Å²) in [5.74, 6) is 1.59. The van der Waals surface area contributed by atoms with Gasteiger partial charge in [-0.05, 0) is 85.7 Å². The number of aliphatic hydroxyl groups excluding tert-OH is 1. The molecular weight excluding hydrogens is 504 g/mol. The Kier molecular flexibility index (Phi) is 9.31. The highest BCUT2D eigenvalue weighted by atomic mass is 32.2. The fourth-order valence-corrected chi connectivity index (χ4v) is 6.03. The van der Waals surface area contributed by atoms with Crippen LogP contribution in [0.1, 0.15) is 36.6 Å². The lowest BCUT2D eigenvalue weighted by atomic mass is 9.81. The Morgan fingerprint density at radius 3 is 2.76 bits per heavy atom. The molecule has 0 spiro atoms. The molecule has 0 amide bonds. The molecule has 0 aliphatic carbocycles. The van der Waals surface area contributed by atoms with E-state index >= 15 is 4.39 Å². The molecule has 37 heavy (non-hydrogen) atoms. The van der Waals surface area contributed by atoms with Crippen molar-refractivity contribution < 1.29 is 27.4 Å². The molecule has 1 N–H and O–H groups in total. The fourth-order valence-electron chi connectivity index (χ4n) is 5.06. The second kappa shape index (κ2) is 12.5. The number of nitrogens with zero attached hydrogens (tertiary/aromatic N) is 2. The average Bonchev–Trinajstić information content (AvgIpc) is 2.91. The van der Waals surface area contributed by atoms with Crippen molar-refractivity contribution in [3.8, 4) is 5.75 Å². The molecule has 0 radical (unpaired) electrons. The lowest BCUT2D eigenvalue weighted by molar-refractivity contribution is -0.137. The molecule has 0 saturated carbocycles. The molecule has 200 valence electrons. The third-order valence-electron chi connectivity index (χ3n) is 7.16. The maximum Gasteiger partial charge on any atom is 0.416 e. The summed E-state index contributed by atoms with van der Waals surface area (Å²) in [5, 5.41) is 10.8. The fraction of sp³-hybridized carbons (Fsp3) is 0.464. The number of rotatable bonds is 10. The van der Waals surface area contributed by atoms with Crippen LogP contribution in [0, 0.1) is 11.8 Å². The minimum absolute atomic E-state index is 0.0360. The smallest absolute Gasteiger partial charge is 0.416 e. The Morgan fingerprint density at radius 1 is 1.16 bits per heavy atom. The number of methoxy groups -OCH3 is 1. The number of hydrogen-bond donors (Lipinski definition) is 1. The zero-order chi connectivity index (χ0) is 26.4. The zero-order valence-corrected chi connectivity index (χ0v) is 21.6. The van der Waals surface area contributed by atoms with E-state index in [1.807, 2.05) is 18.2 Å². The van der Waals surface area contributed by atoms with E-state index in [0.29, 0.717) is 41.3 Å². The first kappa shape index (κ1) is 27.7. The number of pyridine rings is 1. The van der Waals surface area contributed by atoms with Gasteiger partial charge in [0.25, 0.3) is 0 Å². The molecule has 2 aromatic carbocycles. The second-order valence-corrected chi connectivity index (χ2v) is 10.7. The summed E-state index contributed by atoms with van der Waals surface area (Å²) in [6, 6.07) is 12.6. The number of hydrogen-bond acceptors (Lipinski definition) is 5. The van der Waals surface area contributed by atoms with Crippen molar-refractivity contribution in [3.05, 3.63) is 65.9 Å². The molecule has 2 heterocycles. The lowest BCUT2D eigenvalue weighted by Crippen LogP contribution is -2.43. The SMILES string of the molecule is COc1ccc2nccc(C(F)CC[C@@H]3CCN(CCSc4cccc(C(F)(F)F)c4)C[C@@H]3CO)c2c1. The van der Waals surface area contributed by atoms with E-state index in [1.54, 1.807) is 25.4 Å². The molecule has 1 unspecified atom stereocenters. The topological polar surface area (TPSA) is 45.6 Å². The van der Waals surface area contributed by atoms with Crippen molar-refractivity contribution in [1.29, 1.82) is 0 Å². The third-order valence-corrected chi connectivity index (χ3v) is 8.13. The number of alkyl halides is 4. The van der Waals surface area contributed by atoms with Crippen LogP contribution in [-0.4, -0.2) is 54.1 Å². The zero-order valence-electron chi connectivity index (χ0n) is 20.8. The van der Waals surface area contributed by atoms with Crippen molar-refractivity contribution >= 4 is 22.7 Å². The van der Waals surface area contributed by atoms with E-state index in [1.165, 1.54) is 23.9 Å². The molecule has 9 heteroatoms. The molecule has 3 atom stereocenters. The molecule has 1 saturated heterocycles. The number of ether oxygens (including phenoxy) is 1. The molecular formula is C28H32F4N2O2S. The Labute approximate surface area is 219 Å². The summed E-state index contributed by atoms with van der Waals surface area (Å²) in [5.41, 5.74) is 0.697.